The summed E-state index contributed by atoms with van der Waals surface area (Å²) in [5, 5.41) is 9.65. The number of pyridine rings is 1. The molecule has 0 bridgehead atoms. The van der Waals surface area contributed by atoms with Gasteiger partial charge in [-0.2, -0.15) is 5.10 Å². The minimum atomic E-state index is -0.236. The van der Waals surface area contributed by atoms with Crippen molar-refractivity contribution < 1.29 is 4.79 Å². The van der Waals surface area contributed by atoms with Gasteiger partial charge in [-0.1, -0.05) is 0 Å². The van der Waals surface area contributed by atoms with Crippen LogP contribution in [-0.4, -0.2) is 21.1 Å². The molecular formula is C12H15N5O. The van der Waals surface area contributed by atoms with Gasteiger partial charge in [0.2, 0.25) is 0 Å². The van der Waals surface area contributed by atoms with Gasteiger partial charge in [0.1, 0.15) is 0 Å². The zero-order valence-electron chi connectivity index (χ0n) is 10.5. The van der Waals surface area contributed by atoms with Crippen molar-refractivity contribution in [3.8, 4) is 0 Å². The molecule has 0 saturated heterocycles. The number of rotatable bonds is 2. The maximum Gasteiger partial charge on any atom is 0.257 e. The molecule has 2 heterocycles. The first-order chi connectivity index (χ1) is 8.49. The van der Waals surface area contributed by atoms with Crippen molar-refractivity contribution in [2.45, 2.75) is 20.8 Å². The van der Waals surface area contributed by atoms with Crippen LogP contribution in [0.15, 0.2) is 12.3 Å². The number of aromatic nitrogens is 3. The second-order valence-electron chi connectivity index (χ2n) is 4.16. The number of H-pyrrole nitrogens is 1. The number of carbonyl (C=O) groups is 1. The van der Waals surface area contributed by atoms with Crippen molar-refractivity contribution in [3.63, 3.8) is 0 Å². The molecule has 2 rings (SSSR count). The van der Waals surface area contributed by atoms with E-state index in [9.17, 15) is 4.79 Å². The van der Waals surface area contributed by atoms with Crippen LogP contribution in [0.25, 0.3) is 0 Å². The number of amides is 1. The number of anilines is 2. The summed E-state index contributed by atoms with van der Waals surface area (Å²) in [6, 6.07) is 1.61. The molecule has 18 heavy (non-hydrogen) atoms. The molecule has 0 aliphatic rings. The Hall–Kier alpha value is -2.37. The molecule has 1 amide bonds. The average Bonchev–Trinajstić information content (AvgIpc) is 2.64. The summed E-state index contributed by atoms with van der Waals surface area (Å²) in [6.07, 6.45) is 1.53. The van der Waals surface area contributed by atoms with Crippen LogP contribution in [0.5, 0.6) is 0 Å². The Balaban J connectivity index is 2.30. The number of hydrogen-bond acceptors (Lipinski definition) is 4. The van der Waals surface area contributed by atoms with Crippen LogP contribution in [0.1, 0.15) is 27.4 Å². The van der Waals surface area contributed by atoms with E-state index < -0.39 is 0 Å². The number of hydrogen-bond donors (Lipinski definition) is 3. The average molecular weight is 245 g/mol. The number of nitrogens with one attached hydrogen (secondary N) is 2. The van der Waals surface area contributed by atoms with E-state index in [1.807, 2.05) is 13.8 Å². The Morgan fingerprint density at radius 3 is 2.67 bits per heavy atom. The third kappa shape index (κ3) is 2.17. The second-order valence-corrected chi connectivity index (χ2v) is 4.16. The first-order valence-corrected chi connectivity index (χ1v) is 5.54. The quantitative estimate of drug-likeness (QED) is 0.748. The lowest BCUT2D eigenvalue weighted by Crippen LogP contribution is -2.15. The van der Waals surface area contributed by atoms with Crippen LogP contribution in [-0.2, 0) is 0 Å². The molecule has 94 valence electrons. The minimum Gasteiger partial charge on any atom is -0.397 e. The van der Waals surface area contributed by atoms with Crippen molar-refractivity contribution in [2.75, 3.05) is 11.1 Å². The molecule has 0 aliphatic heterocycles. The topological polar surface area (TPSA) is 96.7 Å². The third-order valence-electron chi connectivity index (χ3n) is 2.72. The second kappa shape index (κ2) is 4.48. The highest BCUT2D eigenvalue weighted by atomic mass is 16.1. The zero-order chi connectivity index (χ0) is 13.3. The summed E-state index contributed by atoms with van der Waals surface area (Å²) in [5.41, 5.74) is 9.47. The van der Waals surface area contributed by atoms with Gasteiger partial charge < -0.3 is 11.1 Å². The van der Waals surface area contributed by atoms with Crippen LogP contribution >= 0.6 is 0 Å². The standard InChI is InChI=1S/C12H15N5O/c1-6-10(4-9(13)5-14-6)12(18)15-11-7(2)16-17-8(11)3/h4-5H,13H2,1-3H3,(H,15,18)(H,16,17). The van der Waals surface area contributed by atoms with Crippen LogP contribution in [0, 0.1) is 20.8 Å². The largest absolute Gasteiger partial charge is 0.397 e. The molecule has 0 aliphatic carbocycles. The third-order valence-corrected chi connectivity index (χ3v) is 2.72. The summed E-state index contributed by atoms with van der Waals surface area (Å²) < 4.78 is 0. The SMILES string of the molecule is Cc1ncc(N)cc1C(=O)Nc1c(C)n[nH]c1C. The lowest BCUT2D eigenvalue weighted by atomic mass is 10.1. The Morgan fingerprint density at radius 2 is 2.06 bits per heavy atom. The Bertz CT molecular complexity index is 583. The molecule has 2 aromatic rings. The van der Waals surface area contributed by atoms with Crippen molar-refractivity contribution in [2.24, 2.45) is 0 Å². The van der Waals surface area contributed by atoms with E-state index >= 15 is 0 Å². The Labute approximate surface area is 105 Å². The number of aryl methyl sites for hydroxylation is 3. The van der Waals surface area contributed by atoms with Crippen molar-refractivity contribution in [1.82, 2.24) is 15.2 Å². The van der Waals surface area contributed by atoms with Crippen LogP contribution in [0.2, 0.25) is 0 Å². The van der Waals surface area contributed by atoms with Crippen molar-refractivity contribution >= 4 is 17.3 Å². The maximum atomic E-state index is 12.1. The molecule has 0 unspecified atom stereocenters. The molecule has 0 atom stereocenters. The molecule has 0 spiro atoms. The van der Waals surface area contributed by atoms with Gasteiger partial charge in [0.05, 0.1) is 40.2 Å². The first kappa shape index (κ1) is 12.1. The molecule has 4 N–H and O–H groups in total. The van der Waals surface area contributed by atoms with Crippen LogP contribution in [0.3, 0.4) is 0 Å². The zero-order valence-corrected chi connectivity index (χ0v) is 10.5. The molecule has 6 nitrogen and oxygen atoms in total. The number of nitrogen functional groups attached to an aromatic ring is 1. The Morgan fingerprint density at radius 1 is 1.33 bits per heavy atom. The van der Waals surface area contributed by atoms with Crippen LogP contribution < -0.4 is 11.1 Å². The number of aromatic amines is 1. The monoisotopic (exact) mass is 245 g/mol. The molecule has 0 radical (unpaired) electrons. The molecular weight excluding hydrogens is 230 g/mol. The summed E-state index contributed by atoms with van der Waals surface area (Å²) >= 11 is 0. The van der Waals surface area contributed by atoms with Gasteiger partial charge >= 0.3 is 0 Å². The normalized spacial score (nSPS) is 10.4. The molecule has 6 heteroatoms. The van der Waals surface area contributed by atoms with E-state index in [0.29, 0.717) is 22.6 Å². The summed E-state index contributed by atoms with van der Waals surface area (Å²) in [6.45, 7) is 5.44. The van der Waals surface area contributed by atoms with E-state index in [4.69, 9.17) is 5.73 Å². The predicted octanol–water partition coefficient (Wildman–Crippen LogP) is 1.56. The fraction of sp³-hybridized carbons (Fsp3) is 0.250. The minimum absolute atomic E-state index is 0.236. The van der Waals surface area contributed by atoms with E-state index in [2.05, 4.69) is 20.5 Å². The fourth-order valence-corrected chi connectivity index (χ4v) is 1.70. The Kier molecular flexibility index (Phi) is 3.01. The summed E-state index contributed by atoms with van der Waals surface area (Å²) in [5.74, 6) is -0.236. The van der Waals surface area contributed by atoms with Crippen LogP contribution in [0.4, 0.5) is 11.4 Å². The highest BCUT2D eigenvalue weighted by Gasteiger charge is 2.14. The van der Waals surface area contributed by atoms with Gasteiger partial charge in [-0.25, -0.2) is 0 Å². The predicted molar refractivity (Wildman–Crippen MR) is 69.4 cm³/mol. The molecule has 0 fully saturated rings. The molecule has 0 saturated carbocycles. The number of nitrogens with two attached hydrogens (primary N) is 1. The molecule has 2 aromatic heterocycles. The highest BCUT2D eigenvalue weighted by Crippen LogP contribution is 2.18. The van der Waals surface area contributed by atoms with Gasteiger partial charge in [-0.15, -0.1) is 0 Å². The van der Waals surface area contributed by atoms with Crippen molar-refractivity contribution in [1.29, 1.82) is 0 Å². The van der Waals surface area contributed by atoms with E-state index in [1.165, 1.54) is 6.20 Å². The van der Waals surface area contributed by atoms with Gasteiger partial charge in [-0.3, -0.25) is 14.9 Å². The number of nitrogens with zero attached hydrogens (tertiary/aromatic N) is 2. The smallest absolute Gasteiger partial charge is 0.257 e. The van der Waals surface area contributed by atoms with E-state index in [0.717, 1.165) is 11.4 Å². The number of carbonyl (C=O) groups excluding carboxylic acids is 1. The van der Waals surface area contributed by atoms with E-state index in [1.54, 1.807) is 13.0 Å². The van der Waals surface area contributed by atoms with Crippen molar-refractivity contribution in [3.05, 3.63) is 34.9 Å². The fourth-order valence-electron chi connectivity index (χ4n) is 1.70. The van der Waals surface area contributed by atoms with Gasteiger partial charge in [0.15, 0.2) is 0 Å². The first-order valence-electron chi connectivity index (χ1n) is 5.54. The van der Waals surface area contributed by atoms with Gasteiger partial charge in [0.25, 0.3) is 5.91 Å². The maximum absolute atomic E-state index is 12.1. The van der Waals surface area contributed by atoms with E-state index in [-0.39, 0.29) is 5.91 Å². The summed E-state index contributed by atoms with van der Waals surface area (Å²) in [7, 11) is 0. The molecule has 0 aromatic carbocycles. The lowest BCUT2D eigenvalue weighted by Gasteiger charge is -2.07. The van der Waals surface area contributed by atoms with Gasteiger partial charge in [0, 0.05) is 0 Å². The lowest BCUT2D eigenvalue weighted by molar-refractivity contribution is 0.102. The van der Waals surface area contributed by atoms with Gasteiger partial charge in [-0.05, 0) is 26.8 Å². The summed E-state index contributed by atoms with van der Waals surface area (Å²) in [4.78, 5) is 16.2. The highest BCUT2D eigenvalue weighted by molar-refractivity contribution is 6.06.